The fraction of sp³-hybridized carbons (Fsp3) is 0.375. The minimum Gasteiger partial charge on any atom is -0.493 e. The summed E-state index contributed by atoms with van der Waals surface area (Å²) in [6.45, 7) is 0.716. The van der Waals surface area contributed by atoms with E-state index in [0.717, 1.165) is 0 Å². The highest BCUT2D eigenvalue weighted by molar-refractivity contribution is 5.50. The van der Waals surface area contributed by atoms with Crippen LogP contribution in [0.5, 0.6) is 11.5 Å². The van der Waals surface area contributed by atoms with Crippen LogP contribution in [-0.2, 0) is 11.3 Å². The van der Waals surface area contributed by atoms with Crippen molar-refractivity contribution in [3.63, 3.8) is 0 Å². The first-order chi connectivity index (χ1) is 10.7. The number of hydrogen-bond donors (Lipinski definition) is 0. The fourth-order valence-corrected chi connectivity index (χ4v) is 2.25. The largest absolute Gasteiger partial charge is 0.493 e. The van der Waals surface area contributed by atoms with Crippen molar-refractivity contribution < 1.29 is 14.3 Å². The van der Waals surface area contributed by atoms with Gasteiger partial charge < -0.3 is 14.3 Å². The Labute approximate surface area is 127 Å². The van der Waals surface area contributed by atoms with E-state index in [1.807, 2.05) is 0 Å². The van der Waals surface area contributed by atoms with Gasteiger partial charge in [0.1, 0.15) is 6.29 Å². The van der Waals surface area contributed by atoms with Crippen LogP contribution in [0.2, 0.25) is 0 Å². The third kappa shape index (κ3) is 2.90. The molecule has 22 heavy (non-hydrogen) atoms. The van der Waals surface area contributed by atoms with Crippen LogP contribution in [-0.4, -0.2) is 29.1 Å². The molecule has 0 atom stereocenters. The Kier molecular flexibility index (Phi) is 4.00. The smallest absolute Gasteiger partial charge is 0.333 e. The number of aldehydes is 1. The molecule has 1 heterocycles. The highest BCUT2D eigenvalue weighted by Crippen LogP contribution is 2.33. The van der Waals surface area contributed by atoms with Crippen molar-refractivity contribution in [3.05, 3.63) is 41.1 Å². The number of nitrogens with zero attached hydrogens (tertiary/aromatic N) is 2. The molecule has 0 unspecified atom stereocenters. The zero-order valence-corrected chi connectivity index (χ0v) is 12.4. The van der Waals surface area contributed by atoms with E-state index in [-0.39, 0.29) is 12.2 Å². The molecule has 1 fully saturated rings. The molecule has 1 aromatic carbocycles. The van der Waals surface area contributed by atoms with Crippen LogP contribution < -0.4 is 15.2 Å². The molecule has 0 aliphatic heterocycles. The normalized spacial score (nSPS) is 13.9. The van der Waals surface area contributed by atoms with Crippen LogP contribution in [0.15, 0.2) is 35.4 Å². The van der Waals surface area contributed by atoms with Crippen molar-refractivity contribution in [2.75, 3.05) is 13.7 Å². The van der Waals surface area contributed by atoms with Gasteiger partial charge in [-0.1, -0.05) is 0 Å². The maximum absolute atomic E-state index is 12.2. The number of rotatable bonds is 7. The molecule has 116 valence electrons. The molecule has 0 spiro atoms. The van der Waals surface area contributed by atoms with Gasteiger partial charge in [-0.3, -0.25) is 9.13 Å². The van der Waals surface area contributed by atoms with Crippen LogP contribution in [0.4, 0.5) is 0 Å². The van der Waals surface area contributed by atoms with Crippen LogP contribution in [0.25, 0.3) is 5.69 Å². The van der Waals surface area contributed by atoms with E-state index in [1.165, 1.54) is 22.0 Å². The summed E-state index contributed by atoms with van der Waals surface area (Å²) in [5, 5.41) is 0. The first-order valence-corrected chi connectivity index (χ1v) is 7.25. The Balaban J connectivity index is 1.91. The summed E-state index contributed by atoms with van der Waals surface area (Å²) in [7, 11) is 1.59. The first kappa shape index (κ1) is 14.4. The predicted molar refractivity (Wildman–Crippen MR) is 80.9 cm³/mol. The number of carbonyl (C=O) groups excluding carboxylic acids is 1. The maximum atomic E-state index is 12.2. The van der Waals surface area contributed by atoms with E-state index >= 15 is 0 Å². The van der Waals surface area contributed by atoms with E-state index in [2.05, 4.69) is 0 Å². The summed E-state index contributed by atoms with van der Waals surface area (Å²) in [5.74, 6) is 1.90. The number of imidazole rings is 1. The Hall–Kier alpha value is -2.50. The molecule has 0 N–H and O–H groups in total. The standard InChI is InChI=1S/C16H18N2O4/c1-21-14-5-4-13(10-15(14)22-11-12-2-3-12)18-7-6-17(8-9-19)16(18)20/h4-7,9-10,12H,2-3,8,11H2,1H3. The van der Waals surface area contributed by atoms with Gasteiger partial charge in [-0.15, -0.1) is 0 Å². The van der Waals surface area contributed by atoms with Gasteiger partial charge >= 0.3 is 5.69 Å². The summed E-state index contributed by atoms with van der Waals surface area (Å²) in [6, 6.07) is 5.35. The highest BCUT2D eigenvalue weighted by atomic mass is 16.5. The van der Waals surface area contributed by atoms with Gasteiger partial charge in [-0.2, -0.15) is 0 Å². The molecular weight excluding hydrogens is 284 g/mol. The van der Waals surface area contributed by atoms with E-state index in [1.54, 1.807) is 37.7 Å². The lowest BCUT2D eigenvalue weighted by Crippen LogP contribution is -2.23. The lowest BCUT2D eigenvalue weighted by atomic mass is 10.2. The molecule has 0 saturated heterocycles. The predicted octanol–water partition coefficient (Wildman–Crippen LogP) is 1.64. The second-order valence-corrected chi connectivity index (χ2v) is 5.36. The van der Waals surface area contributed by atoms with Gasteiger partial charge in [0, 0.05) is 18.5 Å². The average Bonchev–Trinajstić information content (AvgIpc) is 3.30. The Morgan fingerprint density at radius 2 is 2.09 bits per heavy atom. The SMILES string of the molecule is COc1ccc(-n2ccn(CC=O)c2=O)cc1OCC1CC1. The number of methoxy groups -OCH3 is 1. The zero-order chi connectivity index (χ0) is 15.5. The maximum Gasteiger partial charge on any atom is 0.333 e. The molecule has 1 aliphatic rings. The van der Waals surface area contributed by atoms with Crippen molar-refractivity contribution in [1.82, 2.24) is 9.13 Å². The van der Waals surface area contributed by atoms with Crippen molar-refractivity contribution in [1.29, 1.82) is 0 Å². The van der Waals surface area contributed by atoms with Crippen molar-refractivity contribution in [2.24, 2.45) is 5.92 Å². The number of ether oxygens (including phenoxy) is 2. The quantitative estimate of drug-likeness (QED) is 0.729. The van der Waals surface area contributed by atoms with E-state index in [9.17, 15) is 9.59 Å². The molecule has 1 saturated carbocycles. The molecule has 0 amide bonds. The summed E-state index contributed by atoms with van der Waals surface area (Å²) in [5.41, 5.74) is 0.423. The minimum absolute atomic E-state index is 0.0486. The molecule has 6 nitrogen and oxygen atoms in total. The molecular formula is C16H18N2O4. The monoisotopic (exact) mass is 302 g/mol. The number of aromatic nitrogens is 2. The summed E-state index contributed by atoms with van der Waals surface area (Å²) in [4.78, 5) is 22.8. The lowest BCUT2D eigenvalue weighted by Gasteiger charge is -2.12. The Morgan fingerprint density at radius 1 is 1.27 bits per heavy atom. The number of benzene rings is 1. The zero-order valence-electron chi connectivity index (χ0n) is 12.4. The van der Waals surface area contributed by atoms with Crippen LogP contribution in [0.3, 0.4) is 0 Å². The minimum atomic E-state index is -0.259. The lowest BCUT2D eigenvalue weighted by molar-refractivity contribution is -0.108. The van der Waals surface area contributed by atoms with Crippen LogP contribution >= 0.6 is 0 Å². The van der Waals surface area contributed by atoms with Crippen molar-refractivity contribution in [3.8, 4) is 17.2 Å². The first-order valence-electron chi connectivity index (χ1n) is 7.25. The van der Waals surface area contributed by atoms with Crippen molar-refractivity contribution in [2.45, 2.75) is 19.4 Å². The van der Waals surface area contributed by atoms with E-state index < -0.39 is 0 Å². The summed E-state index contributed by atoms with van der Waals surface area (Å²) < 4.78 is 13.9. The van der Waals surface area contributed by atoms with Gasteiger partial charge in [0.05, 0.1) is 25.9 Å². The third-order valence-electron chi connectivity index (χ3n) is 3.72. The molecule has 0 bridgehead atoms. The van der Waals surface area contributed by atoms with Crippen LogP contribution in [0.1, 0.15) is 12.8 Å². The molecule has 3 rings (SSSR count). The number of hydrogen-bond acceptors (Lipinski definition) is 4. The second kappa shape index (κ2) is 6.09. The number of carbonyl (C=O) groups is 1. The van der Waals surface area contributed by atoms with Gasteiger partial charge in [0.25, 0.3) is 0 Å². The Morgan fingerprint density at radius 3 is 2.77 bits per heavy atom. The summed E-state index contributed by atoms with van der Waals surface area (Å²) in [6.07, 6.45) is 6.33. The molecule has 1 aliphatic carbocycles. The van der Waals surface area contributed by atoms with Gasteiger partial charge in [-0.05, 0) is 30.9 Å². The topological polar surface area (TPSA) is 62.5 Å². The highest BCUT2D eigenvalue weighted by Gasteiger charge is 2.22. The second-order valence-electron chi connectivity index (χ2n) is 5.36. The summed E-state index contributed by atoms with van der Waals surface area (Å²) >= 11 is 0. The molecule has 6 heteroatoms. The van der Waals surface area contributed by atoms with Crippen LogP contribution in [0, 0.1) is 5.92 Å². The molecule has 1 aromatic heterocycles. The van der Waals surface area contributed by atoms with Gasteiger partial charge in [-0.25, -0.2) is 4.79 Å². The molecule has 2 aromatic rings. The Bertz CT molecular complexity index is 728. The van der Waals surface area contributed by atoms with Crippen molar-refractivity contribution >= 4 is 6.29 Å². The average molecular weight is 302 g/mol. The fourth-order valence-electron chi connectivity index (χ4n) is 2.25. The third-order valence-corrected chi connectivity index (χ3v) is 3.72. The molecule has 0 radical (unpaired) electrons. The van der Waals surface area contributed by atoms with Gasteiger partial charge in [0.2, 0.25) is 0 Å². The van der Waals surface area contributed by atoms with E-state index in [4.69, 9.17) is 9.47 Å². The van der Waals surface area contributed by atoms with E-state index in [0.29, 0.717) is 36.0 Å². The van der Waals surface area contributed by atoms with Gasteiger partial charge in [0.15, 0.2) is 11.5 Å².